The molecule has 0 aliphatic carbocycles. The first kappa shape index (κ1) is 16.5. The Balaban J connectivity index is 3.03. The zero-order valence-corrected chi connectivity index (χ0v) is 11.9. The minimum Gasteiger partial charge on any atom is -0.388 e. The van der Waals surface area contributed by atoms with Crippen LogP contribution in [-0.2, 0) is 14.8 Å². The maximum Gasteiger partial charge on any atom is 0.263 e. The number of pyridine rings is 1. The lowest BCUT2D eigenvalue weighted by molar-refractivity contribution is 0.179. The van der Waals surface area contributed by atoms with Crippen molar-refractivity contribution in [1.82, 2.24) is 9.29 Å². The quantitative estimate of drug-likeness (QED) is 0.526. The monoisotopic (exact) mass is 304 g/mol. The number of sulfonamides is 1. The summed E-state index contributed by atoms with van der Waals surface area (Å²) >= 11 is 0. The number of amidine groups is 1. The maximum atomic E-state index is 13.6. The largest absolute Gasteiger partial charge is 0.388 e. The summed E-state index contributed by atoms with van der Waals surface area (Å²) in [6.45, 7) is 0.144. The highest BCUT2D eigenvalue weighted by Crippen LogP contribution is 2.16. The minimum absolute atomic E-state index is 0.0299. The third kappa shape index (κ3) is 4.22. The maximum absolute atomic E-state index is 13.6. The number of rotatable bonds is 8. The second-order valence-electron chi connectivity index (χ2n) is 3.96. The van der Waals surface area contributed by atoms with Gasteiger partial charge in [-0.15, -0.1) is 0 Å². The first-order valence-electron chi connectivity index (χ1n) is 5.82. The second kappa shape index (κ2) is 7.27. The van der Waals surface area contributed by atoms with Crippen LogP contribution in [0.25, 0.3) is 0 Å². The molecule has 7 nitrogen and oxygen atoms in total. The molecule has 9 heteroatoms. The highest BCUT2D eigenvalue weighted by molar-refractivity contribution is 7.89. The number of hydrogen-bond donors (Lipinski definition) is 2. The Bertz CT molecular complexity index is 565. The van der Waals surface area contributed by atoms with Gasteiger partial charge in [0.15, 0.2) is 5.82 Å². The van der Waals surface area contributed by atoms with Gasteiger partial charge in [-0.1, -0.05) is 0 Å². The van der Waals surface area contributed by atoms with E-state index in [-0.39, 0.29) is 32.0 Å². The minimum atomic E-state index is -4.08. The molecule has 1 heterocycles. The molecule has 0 amide bonds. The van der Waals surface area contributed by atoms with E-state index in [0.717, 1.165) is 10.4 Å². The molecule has 0 aromatic carbocycles. The molecular weight excluding hydrogens is 287 g/mol. The summed E-state index contributed by atoms with van der Waals surface area (Å²) in [4.78, 5) is 3.58. The predicted octanol–water partition coefficient (Wildman–Crippen LogP) is 0.184. The SMILES string of the molecule is COCCN(CCC(=N)N)S(=O)(=O)c1ncccc1F. The van der Waals surface area contributed by atoms with Gasteiger partial charge in [0.2, 0.25) is 5.03 Å². The van der Waals surface area contributed by atoms with E-state index < -0.39 is 20.9 Å². The van der Waals surface area contributed by atoms with Gasteiger partial charge in [0, 0.05) is 32.8 Å². The number of aromatic nitrogens is 1. The summed E-state index contributed by atoms with van der Waals surface area (Å²) in [5, 5.41) is 6.51. The van der Waals surface area contributed by atoms with Crippen LogP contribution in [0.1, 0.15) is 6.42 Å². The topological polar surface area (TPSA) is 109 Å². The molecule has 0 aliphatic rings. The van der Waals surface area contributed by atoms with Crippen LogP contribution in [0.3, 0.4) is 0 Å². The van der Waals surface area contributed by atoms with Gasteiger partial charge in [-0.2, -0.15) is 4.31 Å². The van der Waals surface area contributed by atoms with Gasteiger partial charge in [-0.25, -0.2) is 17.8 Å². The second-order valence-corrected chi connectivity index (χ2v) is 5.82. The van der Waals surface area contributed by atoms with Crippen molar-refractivity contribution in [3.63, 3.8) is 0 Å². The lowest BCUT2D eigenvalue weighted by Crippen LogP contribution is -2.37. The van der Waals surface area contributed by atoms with Crippen LogP contribution in [0.2, 0.25) is 0 Å². The van der Waals surface area contributed by atoms with Gasteiger partial charge in [-0.3, -0.25) is 5.41 Å². The molecule has 0 saturated carbocycles. The average Bonchev–Trinajstić information content (AvgIpc) is 2.38. The molecule has 0 fully saturated rings. The van der Waals surface area contributed by atoms with Crippen molar-refractivity contribution < 1.29 is 17.5 Å². The van der Waals surface area contributed by atoms with Crippen LogP contribution in [0.4, 0.5) is 4.39 Å². The summed E-state index contributed by atoms with van der Waals surface area (Å²) in [6.07, 6.45) is 1.26. The van der Waals surface area contributed by atoms with E-state index in [9.17, 15) is 12.8 Å². The lowest BCUT2D eigenvalue weighted by atomic mass is 10.4. The average molecular weight is 304 g/mol. The Labute approximate surface area is 117 Å². The van der Waals surface area contributed by atoms with E-state index in [0.29, 0.717) is 0 Å². The van der Waals surface area contributed by atoms with Crippen LogP contribution in [0, 0.1) is 11.2 Å². The van der Waals surface area contributed by atoms with E-state index in [1.807, 2.05) is 0 Å². The molecule has 1 aromatic rings. The van der Waals surface area contributed by atoms with Crippen LogP contribution in [-0.4, -0.2) is 50.3 Å². The molecule has 20 heavy (non-hydrogen) atoms. The molecule has 0 saturated heterocycles. The molecule has 1 aromatic heterocycles. The van der Waals surface area contributed by atoms with Crippen molar-refractivity contribution in [2.75, 3.05) is 26.8 Å². The van der Waals surface area contributed by atoms with E-state index in [4.69, 9.17) is 15.9 Å². The number of nitrogens with one attached hydrogen (secondary N) is 1. The fourth-order valence-corrected chi connectivity index (χ4v) is 2.87. The molecule has 3 N–H and O–H groups in total. The van der Waals surface area contributed by atoms with Crippen molar-refractivity contribution in [3.8, 4) is 0 Å². The molecule has 0 spiro atoms. The Morgan fingerprint density at radius 3 is 2.80 bits per heavy atom. The van der Waals surface area contributed by atoms with Crippen molar-refractivity contribution in [2.45, 2.75) is 11.4 Å². The fraction of sp³-hybridized carbons (Fsp3) is 0.455. The number of methoxy groups -OCH3 is 1. The van der Waals surface area contributed by atoms with Gasteiger partial charge >= 0.3 is 0 Å². The van der Waals surface area contributed by atoms with Gasteiger partial charge in [0.05, 0.1) is 12.4 Å². The van der Waals surface area contributed by atoms with Crippen LogP contribution in [0.15, 0.2) is 23.4 Å². The highest BCUT2D eigenvalue weighted by atomic mass is 32.2. The number of ether oxygens (including phenoxy) is 1. The third-order valence-electron chi connectivity index (χ3n) is 2.48. The smallest absolute Gasteiger partial charge is 0.263 e. The molecular formula is C11H17FN4O3S. The summed E-state index contributed by atoms with van der Waals surface area (Å²) in [6, 6.07) is 2.34. The normalized spacial score (nSPS) is 11.8. The molecule has 0 aliphatic heterocycles. The van der Waals surface area contributed by atoms with Crippen molar-refractivity contribution in [2.24, 2.45) is 5.73 Å². The molecule has 0 bridgehead atoms. The van der Waals surface area contributed by atoms with Gasteiger partial charge in [0.1, 0.15) is 0 Å². The zero-order chi connectivity index (χ0) is 15.2. The lowest BCUT2D eigenvalue weighted by Gasteiger charge is -2.21. The van der Waals surface area contributed by atoms with E-state index in [1.54, 1.807) is 0 Å². The van der Waals surface area contributed by atoms with Crippen molar-refractivity contribution >= 4 is 15.9 Å². The molecule has 0 unspecified atom stereocenters. The Morgan fingerprint density at radius 1 is 1.55 bits per heavy atom. The fourth-order valence-electron chi connectivity index (χ4n) is 1.47. The number of halogens is 1. The van der Waals surface area contributed by atoms with Gasteiger partial charge in [-0.05, 0) is 12.1 Å². The summed E-state index contributed by atoms with van der Waals surface area (Å²) in [7, 11) is -2.66. The summed E-state index contributed by atoms with van der Waals surface area (Å²) in [5.41, 5.74) is 5.22. The Morgan fingerprint density at radius 2 is 2.25 bits per heavy atom. The van der Waals surface area contributed by atoms with Crippen molar-refractivity contribution in [3.05, 3.63) is 24.1 Å². The van der Waals surface area contributed by atoms with E-state index >= 15 is 0 Å². The molecule has 1 rings (SSSR count). The zero-order valence-electron chi connectivity index (χ0n) is 11.0. The molecule has 0 radical (unpaired) electrons. The first-order valence-corrected chi connectivity index (χ1v) is 7.26. The van der Waals surface area contributed by atoms with Crippen LogP contribution in [0.5, 0.6) is 0 Å². The Hall–Kier alpha value is -1.58. The highest BCUT2D eigenvalue weighted by Gasteiger charge is 2.28. The first-order chi connectivity index (χ1) is 9.39. The Kier molecular flexibility index (Phi) is 5.99. The number of hydrogen-bond acceptors (Lipinski definition) is 5. The summed E-state index contributed by atoms with van der Waals surface area (Å²) in [5.74, 6) is -1.07. The predicted molar refractivity (Wildman–Crippen MR) is 71.4 cm³/mol. The third-order valence-corrected chi connectivity index (χ3v) is 4.32. The molecule has 112 valence electrons. The van der Waals surface area contributed by atoms with Gasteiger partial charge < -0.3 is 10.5 Å². The van der Waals surface area contributed by atoms with Gasteiger partial charge in [0.25, 0.3) is 10.0 Å². The number of nitrogens with two attached hydrogens (primary N) is 1. The van der Waals surface area contributed by atoms with E-state index in [2.05, 4.69) is 4.98 Å². The van der Waals surface area contributed by atoms with Crippen LogP contribution >= 0.6 is 0 Å². The standard InChI is InChI=1S/C11H17FN4O3S/c1-19-8-7-16(6-4-10(13)14)20(17,18)11-9(12)3-2-5-15-11/h2-3,5H,4,6-8H2,1H3,(H3,13,14). The van der Waals surface area contributed by atoms with E-state index in [1.165, 1.54) is 19.4 Å². The van der Waals surface area contributed by atoms with Crippen LogP contribution < -0.4 is 5.73 Å². The van der Waals surface area contributed by atoms with Crippen molar-refractivity contribution in [1.29, 1.82) is 5.41 Å². The molecule has 0 atom stereocenters. The summed E-state index contributed by atoms with van der Waals surface area (Å²) < 4.78 is 44.1. The number of nitrogens with zero attached hydrogens (tertiary/aromatic N) is 2.